The van der Waals surface area contributed by atoms with Crippen LogP contribution in [0.4, 0.5) is 5.95 Å². The second-order valence-corrected chi connectivity index (χ2v) is 6.95. The number of aliphatic hydroxyl groups excluding tert-OH is 1. The van der Waals surface area contributed by atoms with E-state index in [0.29, 0.717) is 23.1 Å². The van der Waals surface area contributed by atoms with E-state index in [9.17, 15) is 5.11 Å². The Morgan fingerprint density at radius 2 is 2.00 bits per heavy atom. The molecule has 0 bridgehead atoms. The van der Waals surface area contributed by atoms with Crippen LogP contribution in [0.5, 0.6) is 0 Å². The van der Waals surface area contributed by atoms with Gasteiger partial charge in [-0.3, -0.25) is 0 Å². The molecule has 0 aliphatic carbocycles. The van der Waals surface area contributed by atoms with Crippen molar-refractivity contribution in [2.45, 2.75) is 19.1 Å². The number of aliphatic hydroxyl groups is 1. The third kappa shape index (κ3) is 2.86. The molecule has 1 fully saturated rings. The number of para-hydroxylation sites is 2. The lowest BCUT2D eigenvalue weighted by Crippen LogP contribution is -2.25. The van der Waals surface area contributed by atoms with E-state index in [2.05, 4.69) is 15.5 Å². The smallest absolute Gasteiger partial charge is 0.206 e. The van der Waals surface area contributed by atoms with Gasteiger partial charge in [0, 0.05) is 23.1 Å². The Bertz CT molecular complexity index is 893. The topological polar surface area (TPSA) is 41.3 Å². The summed E-state index contributed by atoms with van der Waals surface area (Å²) in [5.74, 6) is 0.865. The number of halogens is 2. The second kappa shape index (κ2) is 6.28. The highest BCUT2D eigenvalue weighted by Crippen LogP contribution is 2.29. The van der Waals surface area contributed by atoms with Gasteiger partial charge in [0.05, 0.1) is 23.7 Å². The number of aromatic nitrogens is 2. The Kier molecular flexibility index (Phi) is 4.12. The summed E-state index contributed by atoms with van der Waals surface area (Å²) in [6.45, 7) is 1.99. The third-order valence-corrected chi connectivity index (χ3v) is 5.02. The molecule has 0 amide bonds. The molecule has 1 aliphatic rings. The molecule has 4 rings (SSSR count). The SMILES string of the molecule is O[C@@H]1CCN(c2nc3ccccc3n2Cc2cc(Cl)ccc2Cl)C1. The molecule has 2 aromatic carbocycles. The highest BCUT2D eigenvalue weighted by Gasteiger charge is 2.25. The summed E-state index contributed by atoms with van der Waals surface area (Å²) >= 11 is 12.5. The highest BCUT2D eigenvalue weighted by atomic mass is 35.5. The molecule has 0 unspecified atom stereocenters. The molecule has 124 valence electrons. The summed E-state index contributed by atoms with van der Waals surface area (Å²) < 4.78 is 2.14. The van der Waals surface area contributed by atoms with Crippen LogP contribution in [0.15, 0.2) is 42.5 Å². The molecule has 3 aromatic rings. The Balaban J connectivity index is 1.81. The first kappa shape index (κ1) is 15.8. The first-order valence-electron chi connectivity index (χ1n) is 7.94. The molecule has 4 nitrogen and oxygen atoms in total. The van der Waals surface area contributed by atoms with E-state index >= 15 is 0 Å². The molecular formula is C18H17Cl2N3O. The fourth-order valence-corrected chi connectivity index (χ4v) is 3.59. The monoisotopic (exact) mass is 361 g/mol. The Morgan fingerprint density at radius 3 is 2.79 bits per heavy atom. The van der Waals surface area contributed by atoms with Crippen molar-refractivity contribution in [2.75, 3.05) is 18.0 Å². The number of imidazole rings is 1. The number of hydrogen-bond donors (Lipinski definition) is 1. The predicted octanol–water partition coefficient (Wildman–Crippen LogP) is 3.96. The number of hydrogen-bond acceptors (Lipinski definition) is 3. The van der Waals surface area contributed by atoms with Crippen LogP contribution in [0.3, 0.4) is 0 Å². The van der Waals surface area contributed by atoms with Gasteiger partial charge >= 0.3 is 0 Å². The zero-order chi connectivity index (χ0) is 16.7. The Labute approximate surface area is 150 Å². The van der Waals surface area contributed by atoms with Crippen LogP contribution in [-0.4, -0.2) is 33.9 Å². The molecule has 2 heterocycles. The lowest BCUT2D eigenvalue weighted by Gasteiger charge is -2.19. The van der Waals surface area contributed by atoms with E-state index in [0.717, 1.165) is 35.5 Å². The average molecular weight is 362 g/mol. The molecule has 24 heavy (non-hydrogen) atoms. The highest BCUT2D eigenvalue weighted by molar-refractivity contribution is 6.33. The van der Waals surface area contributed by atoms with Gasteiger partial charge in [0.2, 0.25) is 5.95 Å². The van der Waals surface area contributed by atoms with E-state index in [1.165, 1.54) is 0 Å². The maximum atomic E-state index is 9.88. The van der Waals surface area contributed by atoms with E-state index in [-0.39, 0.29) is 6.10 Å². The summed E-state index contributed by atoms with van der Waals surface area (Å²) in [4.78, 5) is 6.91. The van der Waals surface area contributed by atoms with Crippen LogP contribution in [-0.2, 0) is 6.54 Å². The molecule has 1 N–H and O–H groups in total. The van der Waals surface area contributed by atoms with Crippen molar-refractivity contribution in [1.29, 1.82) is 0 Å². The number of anilines is 1. The van der Waals surface area contributed by atoms with Crippen molar-refractivity contribution >= 4 is 40.2 Å². The Hall–Kier alpha value is -1.75. The lowest BCUT2D eigenvalue weighted by molar-refractivity contribution is 0.198. The fourth-order valence-electron chi connectivity index (χ4n) is 3.22. The van der Waals surface area contributed by atoms with E-state index in [1.807, 2.05) is 30.3 Å². The molecule has 1 aliphatic heterocycles. The first-order chi connectivity index (χ1) is 11.6. The van der Waals surface area contributed by atoms with Gasteiger partial charge < -0.3 is 14.6 Å². The van der Waals surface area contributed by atoms with Gasteiger partial charge in [0.1, 0.15) is 0 Å². The minimum absolute atomic E-state index is 0.298. The van der Waals surface area contributed by atoms with Gasteiger partial charge in [0.25, 0.3) is 0 Å². The first-order valence-corrected chi connectivity index (χ1v) is 8.69. The Morgan fingerprint density at radius 1 is 1.17 bits per heavy atom. The van der Waals surface area contributed by atoms with Gasteiger partial charge in [-0.05, 0) is 42.3 Å². The molecule has 6 heteroatoms. The van der Waals surface area contributed by atoms with Crippen molar-refractivity contribution in [2.24, 2.45) is 0 Å². The third-order valence-electron chi connectivity index (χ3n) is 4.42. The van der Waals surface area contributed by atoms with Gasteiger partial charge in [-0.1, -0.05) is 35.3 Å². The van der Waals surface area contributed by atoms with Gasteiger partial charge in [-0.25, -0.2) is 4.98 Å². The summed E-state index contributed by atoms with van der Waals surface area (Å²) in [6, 6.07) is 13.5. The number of nitrogens with zero attached hydrogens (tertiary/aromatic N) is 3. The van der Waals surface area contributed by atoms with E-state index in [1.54, 1.807) is 6.07 Å². The van der Waals surface area contributed by atoms with Crippen molar-refractivity contribution < 1.29 is 5.11 Å². The van der Waals surface area contributed by atoms with Crippen LogP contribution in [0.1, 0.15) is 12.0 Å². The maximum Gasteiger partial charge on any atom is 0.206 e. The quantitative estimate of drug-likeness (QED) is 0.767. The second-order valence-electron chi connectivity index (χ2n) is 6.11. The molecule has 1 atom stereocenters. The molecule has 0 saturated carbocycles. The molecule has 0 radical (unpaired) electrons. The zero-order valence-electron chi connectivity index (χ0n) is 13.0. The minimum atomic E-state index is -0.298. The van der Waals surface area contributed by atoms with E-state index in [4.69, 9.17) is 28.2 Å². The number of rotatable bonds is 3. The fraction of sp³-hybridized carbons (Fsp3) is 0.278. The summed E-state index contributed by atoms with van der Waals surface area (Å²) in [5, 5.41) is 11.2. The number of fused-ring (bicyclic) bond motifs is 1. The van der Waals surface area contributed by atoms with Crippen LogP contribution in [0.25, 0.3) is 11.0 Å². The average Bonchev–Trinajstić information content (AvgIpc) is 3.15. The van der Waals surface area contributed by atoms with Crippen LogP contribution >= 0.6 is 23.2 Å². The lowest BCUT2D eigenvalue weighted by atomic mass is 10.2. The molecule has 1 saturated heterocycles. The van der Waals surface area contributed by atoms with Crippen molar-refractivity contribution in [3.63, 3.8) is 0 Å². The maximum absolute atomic E-state index is 9.88. The summed E-state index contributed by atoms with van der Waals surface area (Å²) in [7, 11) is 0. The van der Waals surface area contributed by atoms with Gasteiger partial charge in [-0.2, -0.15) is 0 Å². The van der Waals surface area contributed by atoms with Gasteiger partial charge in [-0.15, -0.1) is 0 Å². The number of β-amino-alcohol motifs (C(OH)–C–C–N with tert-alkyl or cyclic N) is 1. The van der Waals surface area contributed by atoms with Crippen molar-refractivity contribution in [1.82, 2.24) is 9.55 Å². The largest absolute Gasteiger partial charge is 0.391 e. The summed E-state index contributed by atoms with van der Waals surface area (Å²) in [6.07, 6.45) is 0.467. The van der Waals surface area contributed by atoms with Crippen LogP contribution in [0, 0.1) is 0 Å². The van der Waals surface area contributed by atoms with Crippen LogP contribution < -0.4 is 4.90 Å². The zero-order valence-corrected chi connectivity index (χ0v) is 14.5. The molecule has 0 spiro atoms. The molecular weight excluding hydrogens is 345 g/mol. The normalized spacial score (nSPS) is 17.8. The van der Waals surface area contributed by atoms with Gasteiger partial charge in [0.15, 0.2) is 0 Å². The minimum Gasteiger partial charge on any atom is -0.391 e. The van der Waals surface area contributed by atoms with Crippen molar-refractivity contribution in [3.05, 3.63) is 58.1 Å². The predicted molar refractivity (Wildman–Crippen MR) is 98.1 cm³/mol. The van der Waals surface area contributed by atoms with Crippen LogP contribution in [0.2, 0.25) is 10.0 Å². The van der Waals surface area contributed by atoms with Crippen molar-refractivity contribution in [3.8, 4) is 0 Å². The summed E-state index contributed by atoms with van der Waals surface area (Å²) in [5.41, 5.74) is 2.94. The standard InChI is InChI=1S/C18H17Cl2N3O/c19-13-5-6-15(20)12(9-13)10-23-17-4-2-1-3-16(17)21-18(23)22-8-7-14(24)11-22/h1-6,9,14,24H,7-8,10-11H2/t14-/m1/s1. The number of benzene rings is 2. The molecule has 1 aromatic heterocycles. The van der Waals surface area contributed by atoms with E-state index < -0.39 is 0 Å².